The van der Waals surface area contributed by atoms with Crippen molar-refractivity contribution in [2.24, 2.45) is 0 Å². The van der Waals surface area contributed by atoms with Crippen molar-refractivity contribution < 1.29 is 14.7 Å². The summed E-state index contributed by atoms with van der Waals surface area (Å²) in [6.45, 7) is 2.65. The Balaban J connectivity index is 3.84. The summed E-state index contributed by atoms with van der Waals surface area (Å²) in [4.78, 5) is 22.0. The van der Waals surface area contributed by atoms with E-state index < -0.39 is 12.0 Å². The summed E-state index contributed by atoms with van der Waals surface area (Å²) in [5.41, 5.74) is 0. The number of amides is 1. The Morgan fingerprint density at radius 1 is 1.40 bits per heavy atom. The van der Waals surface area contributed by atoms with Crippen LogP contribution in [0.3, 0.4) is 0 Å². The van der Waals surface area contributed by atoms with E-state index in [0.717, 1.165) is 19.4 Å². The van der Waals surface area contributed by atoms with Crippen molar-refractivity contribution in [1.29, 1.82) is 0 Å². The van der Waals surface area contributed by atoms with Gasteiger partial charge in [0.25, 0.3) is 0 Å². The maximum atomic E-state index is 11.3. The average molecular weight is 216 g/mol. The average Bonchev–Trinajstić information content (AvgIpc) is 2.17. The molecule has 0 aliphatic rings. The van der Waals surface area contributed by atoms with Gasteiger partial charge in [0, 0.05) is 6.42 Å². The highest BCUT2D eigenvalue weighted by Gasteiger charge is 2.17. The molecule has 0 heterocycles. The Kier molecular flexibility index (Phi) is 7.62. The molecule has 0 aromatic heterocycles. The number of carbonyl (C=O) groups is 2. The summed E-state index contributed by atoms with van der Waals surface area (Å²) in [5, 5.41) is 14.2. The van der Waals surface area contributed by atoms with Gasteiger partial charge >= 0.3 is 5.97 Å². The SMILES string of the molecule is CCC[C@H](NC(=O)CCCNC)C(=O)O. The van der Waals surface area contributed by atoms with Crippen LogP contribution < -0.4 is 10.6 Å². The number of carboxylic acids is 1. The second kappa shape index (κ2) is 8.23. The second-order valence-corrected chi connectivity index (χ2v) is 3.45. The zero-order valence-electron chi connectivity index (χ0n) is 9.38. The quantitative estimate of drug-likeness (QED) is 0.512. The number of hydrogen-bond donors (Lipinski definition) is 3. The molecule has 0 aromatic carbocycles. The van der Waals surface area contributed by atoms with E-state index >= 15 is 0 Å². The maximum absolute atomic E-state index is 11.3. The normalized spacial score (nSPS) is 12.1. The van der Waals surface area contributed by atoms with Crippen molar-refractivity contribution >= 4 is 11.9 Å². The molecule has 0 unspecified atom stereocenters. The van der Waals surface area contributed by atoms with Gasteiger partial charge in [-0.1, -0.05) is 13.3 Å². The zero-order valence-corrected chi connectivity index (χ0v) is 9.38. The fraction of sp³-hybridized carbons (Fsp3) is 0.800. The summed E-state index contributed by atoms with van der Waals surface area (Å²) in [6.07, 6.45) is 2.32. The molecule has 0 saturated heterocycles. The van der Waals surface area contributed by atoms with Crippen molar-refractivity contribution in [3.8, 4) is 0 Å². The van der Waals surface area contributed by atoms with E-state index in [1.54, 1.807) is 0 Å². The second-order valence-electron chi connectivity index (χ2n) is 3.45. The summed E-state index contributed by atoms with van der Waals surface area (Å²) < 4.78 is 0. The Bertz CT molecular complexity index is 207. The lowest BCUT2D eigenvalue weighted by Gasteiger charge is -2.13. The van der Waals surface area contributed by atoms with Crippen LogP contribution >= 0.6 is 0 Å². The first-order chi connectivity index (χ1) is 7.11. The standard InChI is InChI=1S/C10H20N2O3/c1-3-5-8(10(14)15)12-9(13)6-4-7-11-2/h8,11H,3-7H2,1-2H3,(H,12,13)(H,14,15)/t8-/m0/s1. The molecule has 0 fully saturated rings. The number of hydrogen-bond acceptors (Lipinski definition) is 3. The molecule has 3 N–H and O–H groups in total. The molecule has 0 bridgehead atoms. The van der Waals surface area contributed by atoms with Crippen LogP contribution in [0.15, 0.2) is 0 Å². The third-order valence-corrected chi connectivity index (χ3v) is 2.04. The Labute approximate surface area is 90.2 Å². The number of aliphatic carboxylic acids is 1. The summed E-state index contributed by atoms with van der Waals surface area (Å²) in [5.74, 6) is -1.15. The van der Waals surface area contributed by atoms with E-state index in [-0.39, 0.29) is 5.91 Å². The van der Waals surface area contributed by atoms with Crippen molar-refractivity contribution in [3.63, 3.8) is 0 Å². The van der Waals surface area contributed by atoms with Crippen LogP contribution in [-0.2, 0) is 9.59 Å². The fourth-order valence-corrected chi connectivity index (χ4v) is 1.24. The molecule has 0 aliphatic heterocycles. The first-order valence-electron chi connectivity index (χ1n) is 5.28. The third kappa shape index (κ3) is 6.90. The first kappa shape index (κ1) is 13.9. The largest absolute Gasteiger partial charge is 0.480 e. The Morgan fingerprint density at radius 2 is 2.07 bits per heavy atom. The van der Waals surface area contributed by atoms with E-state index in [0.29, 0.717) is 12.8 Å². The molecule has 88 valence electrons. The van der Waals surface area contributed by atoms with E-state index in [9.17, 15) is 9.59 Å². The van der Waals surface area contributed by atoms with Gasteiger partial charge in [-0.15, -0.1) is 0 Å². The molecular formula is C10H20N2O3. The molecule has 15 heavy (non-hydrogen) atoms. The number of carboxylic acid groups (broad SMARTS) is 1. The van der Waals surface area contributed by atoms with Gasteiger partial charge in [0.05, 0.1) is 0 Å². The van der Waals surface area contributed by atoms with Crippen molar-refractivity contribution in [3.05, 3.63) is 0 Å². The van der Waals surface area contributed by atoms with Crippen LogP contribution in [0.4, 0.5) is 0 Å². The summed E-state index contributed by atoms with van der Waals surface area (Å²) >= 11 is 0. The molecule has 0 spiro atoms. The predicted molar refractivity (Wildman–Crippen MR) is 57.6 cm³/mol. The van der Waals surface area contributed by atoms with Crippen LogP contribution in [0.2, 0.25) is 0 Å². The third-order valence-electron chi connectivity index (χ3n) is 2.04. The summed E-state index contributed by atoms with van der Waals surface area (Å²) in [6, 6.07) is -0.739. The Morgan fingerprint density at radius 3 is 2.53 bits per heavy atom. The smallest absolute Gasteiger partial charge is 0.326 e. The van der Waals surface area contributed by atoms with E-state index in [1.165, 1.54) is 0 Å². The van der Waals surface area contributed by atoms with Crippen LogP contribution in [0.1, 0.15) is 32.6 Å². The van der Waals surface area contributed by atoms with E-state index in [2.05, 4.69) is 10.6 Å². The van der Waals surface area contributed by atoms with Gasteiger partial charge in [0.1, 0.15) is 6.04 Å². The molecule has 1 amide bonds. The molecule has 5 heteroatoms. The molecule has 0 saturated carbocycles. The van der Waals surface area contributed by atoms with Gasteiger partial charge in [-0.3, -0.25) is 4.79 Å². The minimum absolute atomic E-state index is 0.189. The number of carbonyl (C=O) groups excluding carboxylic acids is 1. The molecule has 0 rings (SSSR count). The topological polar surface area (TPSA) is 78.4 Å². The van der Waals surface area contributed by atoms with Crippen LogP contribution in [-0.4, -0.2) is 36.6 Å². The Hall–Kier alpha value is -1.10. The number of nitrogens with one attached hydrogen (secondary N) is 2. The lowest BCUT2D eigenvalue weighted by molar-refractivity contribution is -0.142. The zero-order chi connectivity index (χ0) is 11.7. The van der Waals surface area contributed by atoms with Gasteiger partial charge in [-0.05, 0) is 26.4 Å². The molecule has 5 nitrogen and oxygen atoms in total. The van der Waals surface area contributed by atoms with Gasteiger partial charge < -0.3 is 15.7 Å². The minimum Gasteiger partial charge on any atom is -0.480 e. The molecule has 0 aromatic rings. The van der Waals surface area contributed by atoms with Crippen LogP contribution in [0.25, 0.3) is 0 Å². The highest BCUT2D eigenvalue weighted by atomic mass is 16.4. The maximum Gasteiger partial charge on any atom is 0.326 e. The van der Waals surface area contributed by atoms with Gasteiger partial charge in [0.15, 0.2) is 0 Å². The highest BCUT2D eigenvalue weighted by molar-refractivity contribution is 5.83. The van der Waals surface area contributed by atoms with Crippen molar-refractivity contribution in [2.75, 3.05) is 13.6 Å². The predicted octanol–water partition coefficient (Wildman–Crippen LogP) is 0.356. The number of rotatable bonds is 8. The minimum atomic E-state index is -0.959. The highest BCUT2D eigenvalue weighted by Crippen LogP contribution is 1.98. The lowest BCUT2D eigenvalue weighted by atomic mass is 10.1. The molecular weight excluding hydrogens is 196 g/mol. The van der Waals surface area contributed by atoms with Crippen molar-refractivity contribution in [1.82, 2.24) is 10.6 Å². The van der Waals surface area contributed by atoms with Crippen molar-refractivity contribution in [2.45, 2.75) is 38.6 Å². The molecule has 1 atom stereocenters. The van der Waals surface area contributed by atoms with Crippen LogP contribution in [0.5, 0.6) is 0 Å². The first-order valence-corrected chi connectivity index (χ1v) is 5.28. The fourth-order valence-electron chi connectivity index (χ4n) is 1.24. The van der Waals surface area contributed by atoms with Gasteiger partial charge in [-0.2, -0.15) is 0 Å². The molecule has 0 aliphatic carbocycles. The van der Waals surface area contributed by atoms with Gasteiger partial charge in [-0.25, -0.2) is 4.79 Å². The van der Waals surface area contributed by atoms with Crippen LogP contribution in [0, 0.1) is 0 Å². The van der Waals surface area contributed by atoms with E-state index in [4.69, 9.17) is 5.11 Å². The monoisotopic (exact) mass is 216 g/mol. The van der Waals surface area contributed by atoms with Gasteiger partial charge in [0.2, 0.25) is 5.91 Å². The summed E-state index contributed by atoms with van der Waals surface area (Å²) in [7, 11) is 1.81. The molecule has 0 radical (unpaired) electrons. The lowest BCUT2D eigenvalue weighted by Crippen LogP contribution is -2.40. The van der Waals surface area contributed by atoms with E-state index in [1.807, 2.05) is 14.0 Å².